The number of nitrogens with zero attached hydrogens (tertiary/aromatic N) is 3. The van der Waals surface area contributed by atoms with E-state index in [-0.39, 0.29) is 11.7 Å². The van der Waals surface area contributed by atoms with Gasteiger partial charge in [-0.1, -0.05) is 0 Å². The van der Waals surface area contributed by atoms with Crippen LogP contribution in [0.5, 0.6) is 0 Å². The standard InChI is InChI=1S/C12H17N3O4/c1-18-8-9-2-4-19-5-3-15(9)11-7-13-10(6-14-11)12(16)17/h6-7,9H,2-5,8H2,1H3,(H,16,17). The number of hydrogen-bond donors (Lipinski definition) is 1. The van der Waals surface area contributed by atoms with Gasteiger partial charge in [-0.15, -0.1) is 0 Å². The fourth-order valence-electron chi connectivity index (χ4n) is 2.07. The second-order valence-corrected chi connectivity index (χ2v) is 4.27. The molecule has 0 aliphatic carbocycles. The number of ether oxygens (including phenoxy) is 2. The summed E-state index contributed by atoms with van der Waals surface area (Å²) in [6.07, 6.45) is 3.60. The number of carboxylic acid groups (broad SMARTS) is 1. The lowest BCUT2D eigenvalue weighted by molar-refractivity contribution is 0.0690. The van der Waals surface area contributed by atoms with Gasteiger partial charge in [-0.25, -0.2) is 14.8 Å². The summed E-state index contributed by atoms with van der Waals surface area (Å²) < 4.78 is 10.7. The van der Waals surface area contributed by atoms with Gasteiger partial charge in [0.25, 0.3) is 0 Å². The van der Waals surface area contributed by atoms with E-state index in [0.717, 1.165) is 6.42 Å². The van der Waals surface area contributed by atoms with Crippen molar-refractivity contribution in [3.05, 3.63) is 18.1 Å². The molecule has 2 heterocycles. The van der Waals surface area contributed by atoms with Crippen molar-refractivity contribution in [1.82, 2.24) is 9.97 Å². The molecule has 7 heteroatoms. The Labute approximate surface area is 111 Å². The molecule has 0 spiro atoms. The van der Waals surface area contributed by atoms with Crippen molar-refractivity contribution in [2.45, 2.75) is 12.5 Å². The molecular formula is C12H17N3O4. The molecule has 1 saturated heterocycles. The highest BCUT2D eigenvalue weighted by Gasteiger charge is 2.23. The minimum Gasteiger partial charge on any atom is -0.476 e. The molecule has 1 atom stereocenters. The van der Waals surface area contributed by atoms with Gasteiger partial charge in [0, 0.05) is 20.3 Å². The van der Waals surface area contributed by atoms with E-state index in [1.165, 1.54) is 12.4 Å². The van der Waals surface area contributed by atoms with Crippen LogP contribution in [-0.4, -0.2) is 60.6 Å². The molecule has 1 aliphatic rings. The quantitative estimate of drug-likeness (QED) is 0.846. The Balaban J connectivity index is 2.18. The summed E-state index contributed by atoms with van der Waals surface area (Å²) in [5.74, 6) is -0.427. The monoisotopic (exact) mass is 267 g/mol. The second-order valence-electron chi connectivity index (χ2n) is 4.27. The van der Waals surface area contributed by atoms with Crippen LogP contribution in [0.25, 0.3) is 0 Å². The van der Waals surface area contributed by atoms with E-state index in [9.17, 15) is 4.79 Å². The molecule has 0 saturated carbocycles. The molecule has 1 aromatic rings. The first-order valence-electron chi connectivity index (χ1n) is 6.11. The molecule has 1 aromatic heterocycles. The van der Waals surface area contributed by atoms with Gasteiger partial charge in [-0.2, -0.15) is 0 Å². The third-order valence-corrected chi connectivity index (χ3v) is 3.02. The van der Waals surface area contributed by atoms with E-state index in [4.69, 9.17) is 14.6 Å². The van der Waals surface area contributed by atoms with Crippen molar-refractivity contribution >= 4 is 11.8 Å². The average molecular weight is 267 g/mol. The largest absolute Gasteiger partial charge is 0.476 e. The zero-order valence-electron chi connectivity index (χ0n) is 10.8. The van der Waals surface area contributed by atoms with Gasteiger partial charge in [-0.05, 0) is 6.42 Å². The van der Waals surface area contributed by atoms with Crippen LogP contribution in [0.3, 0.4) is 0 Å². The van der Waals surface area contributed by atoms with Crippen molar-refractivity contribution in [3.63, 3.8) is 0 Å². The predicted molar refractivity (Wildman–Crippen MR) is 67.4 cm³/mol. The van der Waals surface area contributed by atoms with Crippen LogP contribution in [-0.2, 0) is 9.47 Å². The van der Waals surface area contributed by atoms with E-state index in [0.29, 0.717) is 32.2 Å². The highest BCUT2D eigenvalue weighted by atomic mass is 16.5. The van der Waals surface area contributed by atoms with Gasteiger partial charge in [0.15, 0.2) is 5.69 Å². The maximum absolute atomic E-state index is 10.8. The summed E-state index contributed by atoms with van der Waals surface area (Å²) in [6, 6.07) is 0.164. The van der Waals surface area contributed by atoms with Crippen LogP contribution in [0.1, 0.15) is 16.9 Å². The number of aromatic carboxylic acids is 1. The minimum absolute atomic E-state index is 0.0573. The molecule has 19 heavy (non-hydrogen) atoms. The van der Waals surface area contributed by atoms with Gasteiger partial charge < -0.3 is 19.5 Å². The molecule has 0 radical (unpaired) electrons. The Kier molecular flexibility index (Phi) is 4.64. The first kappa shape index (κ1) is 13.7. The molecule has 0 aromatic carbocycles. The SMILES string of the molecule is COCC1CCOCCN1c1cnc(C(=O)O)cn1. The lowest BCUT2D eigenvalue weighted by atomic mass is 10.2. The maximum Gasteiger partial charge on any atom is 0.356 e. The zero-order chi connectivity index (χ0) is 13.7. The van der Waals surface area contributed by atoms with Crippen molar-refractivity contribution in [2.24, 2.45) is 0 Å². The molecule has 1 N–H and O–H groups in total. The van der Waals surface area contributed by atoms with Crippen LogP contribution >= 0.6 is 0 Å². The number of methoxy groups -OCH3 is 1. The Morgan fingerprint density at radius 1 is 1.53 bits per heavy atom. The Morgan fingerprint density at radius 2 is 2.37 bits per heavy atom. The van der Waals surface area contributed by atoms with E-state index < -0.39 is 5.97 Å². The maximum atomic E-state index is 10.8. The summed E-state index contributed by atoms with van der Waals surface area (Å²) in [7, 11) is 1.66. The number of carboxylic acids is 1. The van der Waals surface area contributed by atoms with Crippen molar-refractivity contribution in [2.75, 3.05) is 38.4 Å². The number of aromatic nitrogens is 2. The highest BCUT2D eigenvalue weighted by Crippen LogP contribution is 2.17. The molecule has 0 bridgehead atoms. The van der Waals surface area contributed by atoms with Crippen molar-refractivity contribution in [1.29, 1.82) is 0 Å². The average Bonchev–Trinajstić information content (AvgIpc) is 2.65. The number of rotatable bonds is 4. The number of hydrogen-bond acceptors (Lipinski definition) is 6. The van der Waals surface area contributed by atoms with Gasteiger partial charge in [0.2, 0.25) is 0 Å². The first-order chi connectivity index (χ1) is 9.22. The van der Waals surface area contributed by atoms with Gasteiger partial charge >= 0.3 is 5.97 Å². The molecule has 1 aliphatic heterocycles. The van der Waals surface area contributed by atoms with Gasteiger partial charge in [0.05, 0.1) is 31.6 Å². The lowest BCUT2D eigenvalue weighted by Gasteiger charge is -2.29. The third-order valence-electron chi connectivity index (χ3n) is 3.02. The number of carbonyl (C=O) groups is 1. The summed E-state index contributed by atoms with van der Waals surface area (Å²) in [5.41, 5.74) is -0.0573. The molecule has 1 fully saturated rings. The summed E-state index contributed by atoms with van der Waals surface area (Å²) in [4.78, 5) is 20.9. The molecule has 104 valence electrons. The molecule has 2 rings (SSSR count). The smallest absolute Gasteiger partial charge is 0.356 e. The molecule has 0 amide bonds. The van der Waals surface area contributed by atoms with Crippen LogP contribution in [0, 0.1) is 0 Å². The van der Waals surface area contributed by atoms with Gasteiger partial charge in [0.1, 0.15) is 5.82 Å². The highest BCUT2D eigenvalue weighted by molar-refractivity contribution is 5.84. The Morgan fingerprint density at radius 3 is 3.00 bits per heavy atom. The molecule has 7 nitrogen and oxygen atoms in total. The second kappa shape index (κ2) is 6.44. The van der Waals surface area contributed by atoms with E-state index >= 15 is 0 Å². The fourth-order valence-corrected chi connectivity index (χ4v) is 2.07. The van der Waals surface area contributed by atoms with Crippen LogP contribution in [0.15, 0.2) is 12.4 Å². The topological polar surface area (TPSA) is 84.8 Å². The van der Waals surface area contributed by atoms with E-state index in [1.54, 1.807) is 7.11 Å². The van der Waals surface area contributed by atoms with Crippen molar-refractivity contribution in [3.8, 4) is 0 Å². The van der Waals surface area contributed by atoms with Crippen LogP contribution in [0.4, 0.5) is 5.82 Å². The normalized spacial score (nSPS) is 20.1. The van der Waals surface area contributed by atoms with Gasteiger partial charge in [-0.3, -0.25) is 0 Å². The van der Waals surface area contributed by atoms with E-state index in [1.807, 2.05) is 0 Å². The lowest BCUT2D eigenvalue weighted by Crippen LogP contribution is -2.39. The Hall–Kier alpha value is -1.73. The Bertz CT molecular complexity index is 423. The van der Waals surface area contributed by atoms with Crippen molar-refractivity contribution < 1.29 is 19.4 Å². The summed E-state index contributed by atoms with van der Waals surface area (Å²) in [6.45, 7) is 2.56. The number of anilines is 1. The zero-order valence-corrected chi connectivity index (χ0v) is 10.8. The summed E-state index contributed by atoms with van der Waals surface area (Å²) in [5, 5.41) is 8.81. The predicted octanol–water partition coefficient (Wildman–Crippen LogP) is 0.416. The minimum atomic E-state index is -1.08. The first-order valence-corrected chi connectivity index (χ1v) is 6.11. The summed E-state index contributed by atoms with van der Waals surface area (Å²) >= 11 is 0. The van der Waals surface area contributed by atoms with Crippen LogP contribution in [0.2, 0.25) is 0 Å². The van der Waals surface area contributed by atoms with E-state index in [2.05, 4.69) is 14.9 Å². The molecular weight excluding hydrogens is 250 g/mol. The third kappa shape index (κ3) is 3.39. The van der Waals surface area contributed by atoms with Crippen LogP contribution < -0.4 is 4.90 Å². The molecule has 1 unspecified atom stereocenters. The fraction of sp³-hybridized carbons (Fsp3) is 0.583.